The van der Waals surface area contributed by atoms with Gasteiger partial charge in [-0.2, -0.15) is 0 Å². The van der Waals surface area contributed by atoms with Gasteiger partial charge in [0, 0.05) is 48.3 Å². The molecule has 1 N–H and O–H groups in total. The van der Waals surface area contributed by atoms with Gasteiger partial charge in [-0.25, -0.2) is 0 Å². The highest BCUT2D eigenvalue weighted by molar-refractivity contribution is 9.10. The normalized spacial score (nSPS) is 35.6. The van der Waals surface area contributed by atoms with Gasteiger partial charge in [-0.1, -0.05) is 22.9 Å². The lowest BCUT2D eigenvalue weighted by Crippen LogP contribution is -2.53. The Morgan fingerprint density at radius 3 is 2.43 bits per heavy atom. The lowest BCUT2D eigenvalue weighted by Gasteiger charge is -2.60. The molecular weight excluding hydrogens is 438 g/mol. The van der Waals surface area contributed by atoms with Crippen LogP contribution in [0.2, 0.25) is 0 Å². The van der Waals surface area contributed by atoms with Crippen LogP contribution in [0, 0.1) is 24.2 Å². The molecule has 4 saturated carbocycles. The number of halogens is 1. The Morgan fingerprint density at radius 1 is 1.13 bits per heavy atom. The smallest absolute Gasteiger partial charge is 0.224 e. The van der Waals surface area contributed by atoms with E-state index in [0.717, 1.165) is 50.2 Å². The van der Waals surface area contributed by atoms with Crippen LogP contribution in [-0.4, -0.2) is 47.9 Å². The number of hydrogen-bond acceptors (Lipinski definition) is 3. The number of amides is 1. The predicted molar refractivity (Wildman–Crippen MR) is 128 cm³/mol. The third-order valence-electron chi connectivity index (χ3n) is 8.29. The van der Waals surface area contributed by atoms with Crippen LogP contribution in [0.4, 0.5) is 11.4 Å². The monoisotopic (exact) mass is 473 g/mol. The molecule has 6 rings (SSSR count). The van der Waals surface area contributed by atoms with Crippen molar-refractivity contribution in [2.24, 2.45) is 17.3 Å². The summed E-state index contributed by atoms with van der Waals surface area (Å²) in [5.74, 6) is 1.86. The largest absolute Gasteiger partial charge is 0.369 e. The first-order valence-electron chi connectivity index (χ1n) is 11.9. The number of hydrogen-bond donors (Lipinski definition) is 1. The maximum absolute atomic E-state index is 13.0. The molecular formula is C25H36BrN3O. The van der Waals surface area contributed by atoms with Crippen molar-refractivity contribution in [3.05, 3.63) is 23.8 Å². The second kappa shape index (κ2) is 7.81. The van der Waals surface area contributed by atoms with Gasteiger partial charge < -0.3 is 15.1 Å². The molecule has 0 spiro atoms. The van der Waals surface area contributed by atoms with E-state index in [1.54, 1.807) is 0 Å². The lowest BCUT2D eigenvalue weighted by molar-refractivity contribution is -0.123. The number of nitrogens with one attached hydrogen (secondary N) is 1. The minimum atomic E-state index is 0.205. The fraction of sp³-hybridized carbons (Fsp3) is 0.720. The van der Waals surface area contributed by atoms with Crippen molar-refractivity contribution in [2.45, 2.75) is 63.1 Å². The zero-order valence-corrected chi connectivity index (χ0v) is 20.1. The molecule has 164 valence electrons. The first-order chi connectivity index (χ1) is 14.4. The van der Waals surface area contributed by atoms with E-state index in [4.69, 9.17) is 0 Å². The zero-order valence-electron chi connectivity index (χ0n) is 18.6. The molecule has 1 aromatic rings. The maximum Gasteiger partial charge on any atom is 0.224 e. The molecule has 30 heavy (non-hydrogen) atoms. The average molecular weight is 474 g/mol. The second-order valence-electron chi connectivity index (χ2n) is 10.8. The van der Waals surface area contributed by atoms with Crippen LogP contribution in [0.3, 0.4) is 0 Å². The summed E-state index contributed by atoms with van der Waals surface area (Å²) in [6.45, 7) is 9.97. The third-order valence-corrected chi connectivity index (χ3v) is 9.22. The number of alkyl halides is 1. The number of nitrogens with zero attached hydrogens (tertiary/aromatic N) is 2. The van der Waals surface area contributed by atoms with Crippen LogP contribution in [-0.2, 0) is 4.79 Å². The summed E-state index contributed by atoms with van der Waals surface area (Å²) in [6, 6.07) is 6.45. The Labute approximate surface area is 189 Å². The van der Waals surface area contributed by atoms with Crippen LogP contribution in [0.5, 0.6) is 0 Å². The fourth-order valence-corrected chi connectivity index (χ4v) is 8.99. The van der Waals surface area contributed by atoms with Crippen LogP contribution in [0.15, 0.2) is 18.2 Å². The molecule has 2 atom stereocenters. The van der Waals surface area contributed by atoms with Crippen molar-refractivity contribution in [1.29, 1.82) is 0 Å². The van der Waals surface area contributed by atoms with Crippen molar-refractivity contribution in [1.82, 2.24) is 4.90 Å². The minimum Gasteiger partial charge on any atom is -0.369 e. The van der Waals surface area contributed by atoms with Crippen molar-refractivity contribution in [3.8, 4) is 0 Å². The SMILES string of the molecule is CCN1CCN(c2ccc(NC(=O)CC34CC5CC(CC(Br)(C5)C3)C4)cc2C)CC1. The summed E-state index contributed by atoms with van der Waals surface area (Å²) in [6.07, 6.45) is 8.41. The lowest BCUT2D eigenvalue weighted by atomic mass is 9.48. The van der Waals surface area contributed by atoms with E-state index >= 15 is 0 Å². The Hall–Kier alpha value is -1.07. The Balaban J connectivity index is 1.22. The molecule has 1 amide bonds. The molecule has 0 radical (unpaired) electrons. The molecule has 2 unspecified atom stereocenters. The number of carbonyl (C=O) groups excluding carboxylic acids is 1. The van der Waals surface area contributed by atoms with E-state index in [1.807, 2.05) is 0 Å². The van der Waals surface area contributed by atoms with E-state index in [-0.39, 0.29) is 11.3 Å². The topological polar surface area (TPSA) is 35.6 Å². The minimum absolute atomic E-state index is 0.205. The van der Waals surface area contributed by atoms with Gasteiger partial charge in [0.2, 0.25) is 5.91 Å². The number of aryl methyl sites for hydroxylation is 1. The van der Waals surface area contributed by atoms with E-state index in [1.165, 1.54) is 49.8 Å². The molecule has 4 bridgehead atoms. The first-order valence-corrected chi connectivity index (χ1v) is 12.7. The Kier molecular flexibility index (Phi) is 5.42. The van der Waals surface area contributed by atoms with E-state index in [2.05, 4.69) is 63.1 Å². The van der Waals surface area contributed by atoms with E-state index < -0.39 is 0 Å². The number of piperazine rings is 1. The molecule has 5 aliphatic rings. The van der Waals surface area contributed by atoms with Crippen LogP contribution >= 0.6 is 15.9 Å². The summed E-state index contributed by atoms with van der Waals surface area (Å²) in [5.41, 5.74) is 3.75. The fourth-order valence-electron chi connectivity index (χ4n) is 7.48. The van der Waals surface area contributed by atoms with Crippen LogP contribution < -0.4 is 10.2 Å². The van der Waals surface area contributed by atoms with Gasteiger partial charge >= 0.3 is 0 Å². The van der Waals surface area contributed by atoms with E-state index in [0.29, 0.717) is 10.7 Å². The third kappa shape index (κ3) is 4.04. The first kappa shape index (κ1) is 20.8. The maximum atomic E-state index is 13.0. The summed E-state index contributed by atoms with van der Waals surface area (Å²) < 4.78 is 0.317. The molecule has 1 saturated heterocycles. The zero-order chi connectivity index (χ0) is 20.9. The highest BCUT2D eigenvalue weighted by atomic mass is 79.9. The van der Waals surface area contributed by atoms with Gasteiger partial charge in [0.05, 0.1) is 0 Å². The standard InChI is InChI=1S/C25H36BrN3O/c1-3-28-6-8-29(9-7-28)22-5-4-21(10-18(22)2)27-23(30)16-24-12-19-11-20(13-24)15-25(26,14-19)17-24/h4-5,10,19-20H,3,6-9,11-17H2,1-2H3,(H,27,30). The van der Waals surface area contributed by atoms with Crippen molar-refractivity contribution in [2.75, 3.05) is 42.9 Å². The molecule has 4 nitrogen and oxygen atoms in total. The number of benzene rings is 1. The van der Waals surface area contributed by atoms with Crippen LogP contribution in [0.25, 0.3) is 0 Å². The summed E-state index contributed by atoms with van der Waals surface area (Å²) in [5, 5.41) is 3.24. The molecule has 1 aliphatic heterocycles. The van der Waals surface area contributed by atoms with Gasteiger partial charge in [-0.15, -0.1) is 0 Å². The van der Waals surface area contributed by atoms with Gasteiger partial charge in [0.1, 0.15) is 0 Å². The second-order valence-corrected chi connectivity index (χ2v) is 12.4. The van der Waals surface area contributed by atoms with Gasteiger partial charge in [-0.3, -0.25) is 4.79 Å². The number of anilines is 2. The molecule has 1 aromatic carbocycles. The van der Waals surface area contributed by atoms with Gasteiger partial charge in [0.15, 0.2) is 0 Å². The number of carbonyl (C=O) groups is 1. The summed E-state index contributed by atoms with van der Waals surface area (Å²) in [7, 11) is 0. The molecule has 5 heteroatoms. The highest BCUT2D eigenvalue weighted by Crippen LogP contribution is 2.65. The number of likely N-dealkylation sites (N-methyl/N-ethyl adjacent to an activating group) is 1. The Morgan fingerprint density at radius 2 is 1.83 bits per heavy atom. The van der Waals surface area contributed by atoms with Crippen molar-refractivity contribution >= 4 is 33.2 Å². The summed E-state index contributed by atoms with van der Waals surface area (Å²) >= 11 is 4.07. The molecule has 5 fully saturated rings. The average Bonchev–Trinajstić information content (AvgIpc) is 2.66. The quantitative estimate of drug-likeness (QED) is 0.596. The van der Waals surface area contributed by atoms with Crippen molar-refractivity contribution < 1.29 is 4.79 Å². The molecule has 0 aromatic heterocycles. The van der Waals surface area contributed by atoms with Gasteiger partial charge in [-0.05, 0) is 93.0 Å². The van der Waals surface area contributed by atoms with Crippen LogP contribution in [0.1, 0.15) is 57.4 Å². The van der Waals surface area contributed by atoms with Crippen molar-refractivity contribution in [3.63, 3.8) is 0 Å². The predicted octanol–water partition coefficient (Wildman–Crippen LogP) is 5.20. The van der Waals surface area contributed by atoms with Gasteiger partial charge in [0.25, 0.3) is 0 Å². The molecule has 4 aliphatic carbocycles. The highest BCUT2D eigenvalue weighted by Gasteiger charge is 2.57. The number of rotatable bonds is 5. The van der Waals surface area contributed by atoms with E-state index in [9.17, 15) is 4.79 Å². The summed E-state index contributed by atoms with van der Waals surface area (Å²) in [4.78, 5) is 18.0. The Bertz CT molecular complexity index is 803. The molecule has 1 heterocycles.